The second-order valence-corrected chi connectivity index (χ2v) is 9.01. The lowest BCUT2D eigenvalue weighted by Gasteiger charge is -2.27. The Balaban J connectivity index is 2.14. The summed E-state index contributed by atoms with van der Waals surface area (Å²) >= 11 is 7.29. The molecule has 0 N–H and O–H groups in total. The van der Waals surface area contributed by atoms with Crippen LogP contribution in [0.2, 0.25) is 4.34 Å². The predicted molar refractivity (Wildman–Crippen MR) is 94.3 cm³/mol. The Labute approximate surface area is 149 Å². The average molecular weight is 386 g/mol. The SMILES string of the molecule is CC(=O)c1ccc(S(=O)(=O)N2CCOCC2)c(-c2ccc(Cl)s2)c1. The summed E-state index contributed by atoms with van der Waals surface area (Å²) in [4.78, 5) is 12.6. The van der Waals surface area contributed by atoms with Crippen LogP contribution in [0.3, 0.4) is 0 Å². The summed E-state index contributed by atoms with van der Waals surface area (Å²) < 4.78 is 33.3. The number of thiophene rings is 1. The van der Waals surface area contributed by atoms with E-state index in [1.54, 1.807) is 24.3 Å². The number of hydrogen-bond donors (Lipinski definition) is 0. The fraction of sp³-hybridized carbons (Fsp3) is 0.312. The molecule has 1 saturated heterocycles. The van der Waals surface area contributed by atoms with E-state index in [9.17, 15) is 13.2 Å². The smallest absolute Gasteiger partial charge is 0.243 e. The highest BCUT2D eigenvalue weighted by molar-refractivity contribution is 7.89. The van der Waals surface area contributed by atoms with Gasteiger partial charge >= 0.3 is 0 Å². The third kappa shape index (κ3) is 3.41. The van der Waals surface area contributed by atoms with Crippen molar-refractivity contribution < 1.29 is 17.9 Å². The summed E-state index contributed by atoms with van der Waals surface area (Å²) in [7, 11) is -3.67. The van der Waals surface area contributed by atoms with Gasteiger partial charge in [0.1, 0.15) is 0 Å². The van der Waals surface area contributed by atoms with Crippen molar-refractivity contribution in [3.63, 3.8) is 0 Å². The molecule has 0 atom stereocenters. The first kappa shape index (κ1) is 17.6. The number of carbonyl (C=O) groups is 1. The predicted octanol–water partition coefficient (Wildman–Crippen LogP) is 3.29. The second-order valence-electron chi connectivity index (χ2n) is 5.39. The van der Waals surface area contributed by atoms with Crippen LogP contribution in [0.15, 0.2) is 35.2 Å². The normalized spacial score (nSPS) is 16.2. The zero-order chi connectivity index (χ0) is 17.3. The quantitative estimate of drug-likeness (QED) is 0.757. The summed E-state index contributed by atoms with van der Waals surface area (Å²) in [6, 6.07) is 8.16. The van der Waals surface area contributed by atoms with Crippen LogP contribution in [0.4, 0.5) is 0 Å². The molecule has 0 aliphatic carbocycles. The standard InChI is InChI=1S/C16H16ClNO4S2/c1-11(19)12-2-4-15(13(10-12)14-3-5-16(17)23-14)24(20,21)18-6-8-22-9-7-18/h2-5,10H,6-9H2,1H3. The number of carbonyl (C=O) groups excluding carboxylic acids is 1. The van der Waals surface area contributed by atoms with E-state index in [2.05, 4.69) is 0 Å². The summed E-state index contributed by atoms with van der Waals surface area (Å²) in [5, 5.41) is 0. The topological polar surface area (TPSA) is 63.7 Å². The molecule has 2 aromatic rings. The van der Waals surface area contributed by atoms with Gasteiger partial charge in [-0.25, -0.2) is 8.42 Å². The summed E-state index contributed by atoms with van der Waals surface area (Å²) in [6.45, 7) is 2.86. The van der Waals surface area contributed by atoms with Crippen molar-refractivity contribution in [2.75, 3.05) is 26.3 Å². The number of morpholine rings is 1. The molecule has 128 valence electrons. The van der Waals surface area contributed by atoms with Crippen LogP contribution in [0.5, 0.6) is 0 Å². The first-order valence-corrected chi connectivity index (χ1v) is 10.0. The van der Waals surface area contributed by atoms with Crippen LogP contribution in [0.25, 0.3) is 10.4 Å². The molecule has 1 aliphatic heterocycles. The second kappa shape index (κ2) is 6.93. The lowest BCUT2D eigenvalue weighted by Crippen LogP contribution is -2.40. The third-order valence-corrected chi connectivity index (χ3v) is 7.03. The molecular weight excluding hydrogens is 370 g/mol. The minimum absolute atomic E-state index is 0.116. The minimum Gasteiger partial charge on any atom is -0.379 e. The van der Waals surface area contributed by atoms with Crippen molar-refractivity contribution in [3.05, 3.63) is 40.2 Å². The number of ether oxygens (including phenoxy) is 1. The van der Waals surface area contributed by atoms with Crippen LogP contribution < -0.4 is 0 Å². The van der Waals surface area contributed by atoms with Crippen LogP contribution in [-0.2, 0) is 14.8 Å². The number of rotatable bonds is 4. The van der Waals surface area contributed by atoms with Crippen LogP contribution >= 0.6 is 22.9 Å². The van der Waals surface area contributed by atoms with Gasteiger partial charge in [0.05, 0.1) is 22.4 Å². The number of halogens is 1. The van der Waals surface area contributed by atoms with Crippen molar-refractivity contribution >= 4 is 38.7 Å². The molecule has 0 saturated carbocycles. The summed E-state index contributed by atoms with van der Waals surface area (Å²) in [5.74, 6) is -0.116. The number of benzene rings is 1. The van der Waals surface area contributed by atoms with E-state index in [1.165, 1.54) is 28.6 Å². The molecule has 1 fully saturated rings. The lowest BCUT2D eigenvalue weighted by atomic mass is 10.1. The van der Waals surface area contributed by atoms with Crippen molar-refractivity contribution in [1.82, 2.24) is 4.31 Å². The van der Waals surface area contributed by atoms with E-state index < -0.39 is 10.0 Å². The van der Waals surface area contributed by atoms with Crippen molar-refractivity contribution in [3.8, 4) is 10.4 Å². The molecule has 0 radical (unpaired) electrons. The Morgan fingerprint density at radius 2 is 1.92 bits per heavy atom. The van der Waals surface area contributed by atoms with Gasteiger partial charge < -0.3 is 4.74 Å². The number of nitrogens with zero attached hydrogens (tertiary/aromatic N) is 1. The molecule has 24 heavy (non-hydrogen) atoms. The van der Waals surface area contributed by atoms with E-state index in [-0.39, 0.29) is 10.7 Å². The third-order valence-electron chi connectivity index (χ3n) is 3.81. The molecule has 1 aliphatic rings. The summed E-state index contributed by atoms with van der Waals surface area (Å²) in [6.07, 6.45) is 0. The maximum Gasteiger partial charge on any atom is 0.243 e. The van der Waals surface area contributed by atoms with Crippen LogP contribution in [0.1, 0.15) is 17.3 Å². The molecule has 0 bridgehead atoms. The minimum atomic E-state index is -3.67. The Morgan fingerprint density at radius 1 is 1.21 bits per heavy atom. The zero-order valence-corrected chi connectivity index (χ0v) is 15.4. The first-order valence-electron chi connectivity index (χ1n) is 7.38. The molecule has 0 amide bonds. The molecule has 2 heterocycles. The van der Waals surface area contributed by atoms with Gasteiger partial charge in [0, 0.05) is 29.1 Å². The number of ketones is 1. The van der Waals surface area contributed by atoms with E-state index in [0.717, 1.165) is 4.88 Å². The van der Waals surface area contributed by atoms with Gasteiger partial charge in [-0.1, -0.05) is 17.7 Å². The van der Waals surface area contributed by atoms with Crippen LogP contribution in [0, 0.1) is 0 Å². The van der Waals surface area contributed by atoms with Crippen molar-refractivity contribution in [2.24, 2.45) is 0 Å². The largest absolute Gasteiger partial charge is 0.379 e. The number of Topliss-reactive ketones (excluding diaryl/α,β-unsaturated/α-hetero) is 1. The Bertz CT molecular complexity index is 870. The average Bonchev–Trinajstić information content (AvgIpc) is 3.01. The van der Waals surface area contributed by atoms with Gasteiger partial charge in [0.25, 0.3) is 0 Å². The summed E-state index contributed by atoms with van der Waals surface area (Å²) in [5.41, 5.74) is 0.974. The monoisotopic (exact) mass is 385 g/mol. The Kier molecular flexibility index (Phi) is 5.08. The molecule has 1 aromatic carbocycles. The van der Waals surface area contributed by atoms with Gasteiger partial charge in [0.2, 0.25) is 10.0 Å². The Morgan fingerprint density at radius 3 is 2.50 bits per heavy atom. The molecule has 5 nitrogen and oxygen atoms in total. The number of sulfonamides is 1. The fourth-order valence-corrected chi connectivity index (χ4v) is 5.28. The van der Waals surface area contributed by atoms with E-state index in [0.29, 0.717) is 41.8 Å². The highest BCUT2D eigenvalue weighted by Crippen LogP contribution is 2.36. The molecule has 3 rings (SSSR count). The van der Waals surface area contributed by atoms with Gasteiger partial charge in [-0.3, -0.25) is 4.79 Å². The van der Waals surface area contributed by atoms with Gasteiger partial charge in [-0.15, -0.1) is 11.3 Å². The molecule has 8 heteroatoms. The van der Waals surface area contributed by atoms with E-state index in [4.69, 9.17) is 16.3 Å². The Hall–Kier alpha value is -1.25. The number of hydrogen-bond acceptors (Lipinski definition) is 5. The maximum atomic E-state index is 13.0. The van der Waals surface area contributed by atoms with Crippen LogP contribution in [-0.4, -0.2) is 44.8 Å². The van der Waals surface area contributed by atoms with E-state index in [1.807, 2.05) is 0 Å². The molecule has 1 aromatic heterocycles. The molecule has 0 spiro atoms. The highest BCUT2D eigenvalue weighted by Gasteiger charge is 2.29. The van der Waals surface area contributed by atoms with Gasteiger partial charge in [-0.05, 0) is 31.2 Å². The lowest BCUT2D eigenvalue weighted by molar-refractivity contribution is 0.0730. The zero-order valence-electron chi connectivity index (χ0n) is 13.0. The fourth-order valence-electron chi connectivity index (χ4n) is 2.55. The highest BCUT2D eigenvalue weighted by atomic mass is 35.5. The molecular formula is C16H16ClNO4S2. The first-order chi connectivity index (χ1) is 11.4. The van der Waals surface area contributed by atoms with Gasteiger partial charge in [0.15, 0.2) is 5.78 Å². The van der Waals surface area contributed by atoms with E-state index >= 15 is 0 Å². The van der Waals surface area contributed by atoms with Crippen molar-refractivity contribution in [2.45, 2.75) is 11.8 Å². The maximum absolute atomic E-state index is 13.0. The van der Waals surface area contributed by atoms with Gasteiger partial charge in [-0.2, -0.15) is 4.31 Å². The molecule has 0 unspecified atom stereocenters. The van der Waals surface area contributed by atoms with Crippen molar-refractivity contribution in [1.29, 1.82) is 0 Å².